The SMILES string of the molecule is Cc1nc2c(=O)[nH]c3ncc(Cl)cc3n2n1. The molecule has 3 aromatic heterocycles. The Morgan fingerprint density at radius 3 is 3.12 bits per heavy atom. The van der Waals surface area contributed by atoms with Crippen molar-refractivity contribution in [3.8, 4) is 0 Å². The summed E-state index contributed by atoms with van der Waals surface area (Å²) in [6, 6.07) is 1.68. The van der Waals surface area contributed by atoms with Crippen molar-refractivity contribution in [1.29, 1.82) is 0 Å². The van der Waals surface area contributed by atoms with E-state index in [9.17, 15) is 4.79 Å². The predicted octanol–water partition coefficient (Wildman–Crippen LogP) is 0.928. The molecule has 6 nitrogen and oxygen atoms in total. The van der Waals surface area contributed by atoms with Crippen molar-refractivity contribution in [3.63, 3.8) is 0 Å². The van der Waals surface area contributed by atoms with Crippen molar-refractivity contribution in [2.24, 2.45) is 0 Å². The van der Waals surface area contributed by atoms with Crippen LogP contribution in [-0.2, 0) is 0 Å². The number of aryl methyl sites for hydroxylation is 1. The molecule has 3 heterocycles. The fourth-order valence-corrected chi connectivity index (χ4v) is 1.73. The van der Waals surface area contributed by atoms with Gasteiger partial charge in [0, 0.05) is 6.20 Å². The van der Waals surface area contributed by atoms with E-state index in [2.05, 4.69) is 20.1 Å². The molecule has 0 unspecified atom stereocenters. The number of aromatic nitrogens is 5. The third-order valence-electron chi connectivity index (χ3n) is 2.21. The summed E-state index contributed by atoms with van der Waals surface area (Å²) in [5.41, 5.74) is 0.992. The Hall–Kier alpha value is -1.95. The molecule has 0 fully saturated rings. The zero-order chi connectivity index (χ0) is 11.3. The minimum absolute atomic E-state index is 0.245. The lowest BCUT2D eigenvalue weighted by atomic mass is 10.4. The molecule has 0 radical (unpaired) electrons. The average Bonchev–Trinajstić information content (AvgIpc) is 2.62. The van der Waals surface area contributed by atoms with Crippen LogP contribution >= 0.6 is 11.6 Å². The highest BCUT2D eigenvalue weighted by Gasteiger charge is 2.09. The van der Waals surface area contributed by atoms with Crippen LogP contribution in [0.4, 0.5) is 0 Å². The maximum absolute atomic E-state index is 11.6. The second-order valence-corrected chi connectivity index (χ2v) is 3.81. The maximum atomic E-state index is 11.6. The third-order valence-corrected chi connectivity index (χ3v) is 2.42. The van der Waals surface area contributed by atoms with Crippen molar-refractivity contribution in [1.82, 2.24) is 24.6 Å². The van der Waals surface area contributed by atoms with Gasteiger partial charge in [-0.1, -0.05) is 11.6 Å². The van der Waals surface area contributed by atoms with Crippen LogP contribution < -0.4 is 5.56 Å². The molecular formula is C9H6ClN5O. The molecule has 16 heavy (non-hydrogen) atoms. The van der Waals surface area contributed by atoms with Gasteiger partial charge in [0.05, 0.1) is 5.02 Å². The second-order valence-electron chi connectivity index (χ2n) is 3.37. The first-order valence-corrected chi connectivity index (χ1v) is 4.94. The van der Waals surface area contributed by atoms with Gasteiger partial charge < -0.3 is 4.98 Å². The van der Waals surface area contributed by atoms with E-state index < -0.39 is 0 Å². The van der Waals surface area contributed by atoms with E-state index >= 15 is 0 Å². The van der Waals surface area contributed by atoms with Gasteiger partial charge in [-0.05, 0) is 13.0 Å². The lowest BCUT2D eigenvalue weighted by molar-refractivity contribution is 0.951. The van der Waals surface area contributed by atoms with Crippen LogP contribution in [0.15, 0.2) is 17.1 Å². The Morgan fingerprint density at radius 1 is 1.50 bits per heavy atom. The largest absolute Gasteiger partial charge is 0.302 e. The Labute approximate surface area is 93.9 Å². The zero-order valence-corrected chi connectivity index (χ0v) is 8.99. The molecule has 3 aromatic rings. The van der Waals surface area contributed by atoms with E-state index in [0.29, 0.717) is 22.0 Å². The molecule has 0 spiro atoms. The zero-order valence-electron chi connectivity index (χ0n) is 8.23. The van der Waals surface area contributed by atoms with Crippen molar-refractivity contribution < 1.29 is 0 Å². The maximum Gasteiger partial charge on any atom is 0.294 e. The molecule has 3 rings (SSSR count). The smallest absolute Gasteiger partial charge is 0.294 e. The molecule has 0 atom stereocenters. The average molecular weight is 236 g/mol. The summed E-state index contributed by atoms with van der Waals surface area (Å²) >= 11 is 5.85. The van der Waals surface area contributed by atoms with Gasteiger partial charge in [0.25, 0.3) is 5.56 Å². The topological polar surface area (TPSA) is 75.9 Å². The molecule has 0 aromatic carbocycles. The van der Waals surface area contributed by atoms with E-state index in [4.69, 9.17) is 11.6 Å². The van der Waals surface area contributed by atoms with Gasteiger partial charge in [0.2, 0.25) is 5.65 Å². The Kier molecular flexibility index (Phi) is 1.75. The van der Waals surface area contributed by atoms with Crippen molar-refractivity contribution in [3.05, 3.63) is 33.5 Å². The summed E-state index contributed by atoms with van der Waals surface area (Å²) < 4.78 is 1.45. The summed E-state index contributed by atoms with van der Waals surface area (Å²) in [6.45, 7) is 1.72. The molecule has 1 N–H and O–H groups in total. The fourth-order valence-electron chi connectivity index (χ4n) is 1.58. The number of aromatic amines is 1. The van der Waals surface area contributed by atoms with Gasteiger partial charge in [-0.3, -0.25) is 4.79 Å². The number of rotatable bonds is 0. The molecular weight excluding hydrogens is 230 g/mol. The van der Waals surface area contributed by atoms with Gasteiger partial charge in [0.15, 0.2) is 5.65 Å². The standard InChI is InChI=1S/C9H6ClN5O/c1-4-12-8-9(16)13-7-6(15(8)14-4)2-5(10)3-11-7/h2-3H,1H3,(H,11,13,16). The normalized spacial score (nSPS) is 11.4. The monoisotopic (exact) mass is 235 g/mol. The van der Waals surface area contributed by atoms with Crippen LogP contribution in [0.2, 0.25) is 5.02 Å². The van der Waals surface area contributed by atoms with Gasteiger partial charge in [0.1, 0.15) is 11.3 Å². The summed E-state index contributed by atoms with van der Waals surface area (Å²) in [7, 11) is 0. The molecule has 0 aliphatic carbocycles. The lowest BCUT2D eigenvalue weighted by Gasteiger charge is -1.99. The molecule has 0 amide bonds. The molecule has 0 saturated heterocycles. The second kappa shape index (κ2) is 3.02. The number of halogens is 1. The fraction of sp³-hybridized carbons (Fsp3) is 0.111. The number of nitrogens with one attached hydrogen (secondary N) is 1. The van der Waals surface area contributed by atoms with Crippen LogP contribution in [0, 0.1) is 6.92 Å². The van der Waals surface area contributed by atoms with Crippen LogP contribution in [0.3, 0.4) is 0 Å². The molecule has 0 bridgehead atoms. The lowest BCUT2D eigenvalue weighted by Crippen LogP contribution is -2.12. The Morgan fingerprint density at radius 2 is 2.31 bits per heavy atom. The molecule has 0 aliphatic heterocycles. The van der Waals surface area contributed by atoms with Gasteiger partial charge in [-0.25, -0.2) is 14.5 Å². The minimum Gasteiger partial charge on any atom is -0.302 e. The number of fused-ring (bicyclic) bond motifs is 3. The molecule has 0 saturated carbocycles. The minimum atomic E-state index is -0.317. The van der Waals surface area contributed by atoms with Crippen LogP contribution in [-0.4, -0.2) is 24.6 Å². The molecule has 80 valence electrons. The summed E-state index contributed by atoms with van der Waals surface area (Å²) in [6.07, 6.45) is 1.47. The van der Waals surface area contributed by atoms with E-state index in [1.807, 2.05) is 0 Å². The third kappa shape index (κ3) is 1.20. The number of nitrogens with zero attached hydrogens (tertiary/aromatic N) is 4. The first-order valence-electron chi connectivity index (χ1n) is 4.56. The van der Waals surface area contributed by atoms with Gasteiger partial charge in [-0.2, -0.15) is 5.10 Å². The summed E-state index contributed by atoms with van der Waals surface area (Å²) in [4.78, 5) is 22.3. The number of hydrogen-bond donors (Lipinski definition) is 1. The molecule has 7 heteroatoms. The highest BCUT2D eigenvalue weighted by Crippen LogP contribution is 2.14. The quantitative estimate of drug-likeness (QED) is 0.629. The van der Waals surface area contributed by atoms with Crippen LogP contribution in [0.25, 0.3) is 16.8 Å². The predicted molar refractivity (Wildman–Crippen MR) is 58.7 cm³/mol. The highest BCUT2D eigenvalue weighted by molar-refractivity contribution is 6.31. The van der Waals surface area contributed by atoms with E-state index in [1.54, 1.807) is 13.0 Å². The van der Waals surface area contributed by atoms with Gasteiger partial charge >= 0.3 is 0 Å². The van der Waals surface area contributed by atoms with Crippen molar-refractivity contribution >= 4 is 28.4 Å². The summed E-state index contributed by atoms with van der Waals surface area (Å²) in [5.74, 6) is 0.526. The number of hydrogen-bond acceptors (Lipinski definition) is 4. The number of H-pyrrole nitrogens is 1. The van der Waals surface area contributed by atoms with Crippen molar-refractivity contribution in [2.45, 2.75) is 6.92 Å². The van der Waals surface area contributed by atoms with Crippen LogP contribution in [0.1, 0.15) is 5.82 Å². The van der Waals surface area contributed by atoms with E-state index in [0.717, 1.165) is 0 Å². The highest BCUT2D eigenvalue weighted by atomic mass is 35.5. The van der Waals surface area contributed by atoms with Crippen LogP contribution in [0.5, 0.6) is 0 Å². The number of pyridine rings is 1. The van der Waals surface area contributed by atoms with E-state index in [-0.39, 0.29) is 11.2 Å². The first-order chi connectivity index (χ1) is 7.65. The molecule has 0 aliphatic rings. The Balaban J connectivity index is 2.65. The first kappa shape index (κ1) is 9.29. The summed E-state index contributed by atoms with van der Waals surface area (Å²) in [5, 5.41) is 4.61. The van der Waals surface area contributed by atoms with Crippen molar-refractivity contribution in [2.75, 3.05) is 0 Å². The van der Waals surface area contributed by atoms with E-state index in [1.165, 1.54) is 10.7 Å². The van der Waals surface area contributed by atoms with Gasteiger partial charge in [-0.15, -0.1) is 0 Å². The Bertz CT molecular complexity index is 760.